The summed E-state index contributed by atoms with van der Waals surface area (Å²) in [6.45, 7) is 1.97. The van der Waals surface area contributed by atoms with Crippen molar-refractivity contribution in [3.63, 3.8) is 0 Å². The number of hydrogen-bond donors (Lipinski definition) is 0. The predicted octanol–water partition coefficient (Wildman–Crippen LogP) is 2.69. The van der Waals surface area contributed by atoms with E-state index in [0.29, 0.717) is 16.6 Å². The maximum atomic E-state index is 11.5. The normalized spacial score (nSPS) is 9.87. The molecule has 0 amide bonds. The van der Waals surface area contributed by atoms with E-state index in [-0.39, 0.29) is 5.97 Å². The smallest absolute Gasteiger partial charge is 0.341 e. The van der Waals surface area contributed by atoms with Crippen LogP contribution in [-0.2, 0) is 10.1 Å². The topological polar surface area (TPSA) is 35.5 Å². The van der Waals surface area contributed by atoms with Crippen LogP contribution < -0.4 is 4.74 Å². The van der Waals surface area contributed by atoms with Crippen LogP contribution in [0.4, 0.5) is 0 Å². The van der Waals surface area contributed by atoms with E-state index in [1.807, 2.05) is 13.0 Å². The number of benzene rings is 1. The Morgan fingerprint density at radius 3 is 2.53 bits per heavy atom. The van der Waals surface area contributed by atoms with Gasteiger partial charge in [0, 0.05) is 5.33 Å². The second kappa shape index (κ2) is 5.16. The summed E-state index contributed by atoms with van der Waals surface area (Å²) in [5.74, 6) is 0.165. The van der Waals surface area contributed by atoms with Crippen LogP contribution in [0.2, 0.25) is 0 Å². The van der Waals surface area contributed by atoms with Crippen molar-refractivity contribution < 1.29 is 14.3 Å². The number of aryl methyl sites for hydroxylation is 1. The third kappa shape index (κ3) is 2.50. The summed E-state index contributed by atoms with van der Waals surface area (Å²) in [4.78, 5) is 11.5. The summed E-state index contributed by atoms with van der Waals surface area (Å²) < 4.78 is 9.82. The molecule has 0 saturated heterocycles. The van der Waals surface area contributed by atoms with Gasteiger partial charge in [0.15, 0.2) is 0 Å². The average Bonchev–Trinajstić information content (AvgIpc) is 2.27. The number of hydrogen-bond acceptors (Lipinski definition) is 3. The largest absolute Gasteiger partial charge is 0.496 e. The lowest BCUT2D eigenvalue weighted by molar-refractivity contribution is 0.0597. The molecule has 1 aromatic carbocycles. The van der Waals surface area contributed by atoms with Gasteiger partial charge in [0.2, 0.25) is 0 Å². The van der Waals surface area contributed by atoms with Crippen LogP contribution in [-0.4, -0.2) is 20.2 Å². The van der Waals surface area contributed by atoms with Gasteiger partial charge in [-0.3, -0.25) is 0 Å². The molecule has 1 aromatic rings. The van der Waals surface area contributed by atoms with Crippen LogP contribution in [0, 0.1) is 6.92 Å². The van der Waals surface area contributed by atoms with Crippen molar-refractivity contribution in [2.24, 2.45) is 0 Å². The summed E-state index contributed by atoms with van der Waals surface area (Å²) in [7, 11) is 2.89. The van der Waals surface area contributed by atoms with Crippen LogP contribution in [0.1, 0.15) is 21.5 Å². The number of rotatable bonds is 3. The highest BCUT2D eigenvalue weighted by Gasteiger charge is 2.14. The van der Waals surface area contributed by atoms with Crippen molar-refractivity contribution in [1.82, 2.24) is 0 Å². The maximum absolute atomic E-state index is 11.5. The average molecular weight is 273 g/mol. The fourth-order valence-electron chi connectivity index (χ4n) is 1.31. The first kappa shape index (κ1) is 12.0. The lowest BCUT2D eigenvalue weighted by atomic mass is 10.1. The van der Waals surface area contributed by atoms with Crippen molar-refractivity contribution in [1.29, 1.82) is 0 Å². The number of esters is 1. The molecule has 0 N–H and O–H groups in total. The van der Waals surface area contributed by atoms with Gasteiger partial charge >= 0.3 is 5.97 Å². The van der Waals surface area contributed by atoms with Crippen LogP contribution in [0.3, 0.4) is 0 Å². The predicted molar refractivity (Wildman–Crippen MR) is 61.7 cm³/mol. The summed E-state index contributed by atoms with van der Waals surface area (Å²) in [5.41, 5.74) is 2.59. The number of methoxy groups -OCH3 is 2. The third-order valence-corrected chi connectivity index (χ3v) is 2.81. The molecule has 0 spiro atoms. The van der Waals surface area contributed by atoms with Gasteiger partial charge in [0.25, 0.3) is 0 Å². The van der Waals surface area contributed by atoms with Crippen LogP contribution in [0.15, 0.2) is 12.1 Å². The lowest BCUT2D eigenvalue weighted by Gasteiger charge is -2.10. The third-order valence-electron chi connectivity index (χ3n) is 2.21. The first-order valence-electron chi connectivity index (χ1n) is 4.45. The van der Waals surface area contributed by atoms with E-state index in [9.17, 15) is 4.79 Å². The SMILES string of the molecule is COC(=O)c1cc(CBr)c(C)cc1OC. The molecule has 0 bridgehead atoms. The van der Waals surface area contributed by atoms with Crippen LogP contribution in [0.5, 0.6) is 5.75 Å². The minimum Gasteiger partial charge on any atom is -0.496 e. The summed E-state index contributed by atoms with van der Waals surface area (Å²) >= 11 is 3.37. The Morgan fingerprint density at radius 2 is 2.07 bits per heavy atom. The molecule has 0 atom stereocenters. The molecule has 0 aromatic heterocycles. The van der Waals surface area contributed by atoms with E-state index in [1.165, 1.54) is 14.2 Å². The first-order chi connectivity index (χ1) is 7.13. The quantitative estimate of drug-likeness (QED) is 0.627. The van der Waals surface area contributed by atoms with Gasteiger partial charge in [-0.2, -0.15) is 0 Å². The van der Waals surface area contributed by atoms with E-state index in [2.05, 4.69) is 20.7 Å². The summed E-state index contributed by atoms with van der Waals surface area (Å²) in [6, 6.07) is 3.62. The Hall–Kier alpha value is -1.03. The van der Waals surface area contributed by atoms with Gasteiger partial charge in [-0.15, -0.1) is 0 Å². The number of alkyl halides is 1. The molecule has 4 heteroatoms. The monoisotopic (exact) mass is 272 g/mol. The molecule has 0 fully saturated rings. The zero-order chi connectivity index (χ0) is 11.4. The molecule has 3 nitrogen and oxygen atoms in total. The van der Waals surface area contributed by atoms with Gasteiger partial charge in [0.1, 0.15) is 11.3 Å². The second-order valence-electron chi connectivity index (χ2n) is 3.10. The van der Waals surface area contributed by atoms with Gasteiger partial charge in [-0.25, -0.2) is 4.79 Å². The van der Waals surface area contributed by atoms with Gasteiger partial charge in [-0.1, -0.05) is 15.9 Å². The fraction of sp³-hybridized carbons (Fsp3) is 0.364. The Balaban J connectivity index is 3.28. The molecule has 0 aliphatic rings. The molecule has 0 aliphatic heterocycles. The Kier molecular flexibility index (Phi) is 4.15. The fourth-order valence-corrected chi connectivity index (χ4v) is 1.91. The number of carbonyl (C=O) groups excluding carboxylic acids is 1. The Labute approximate surface area is 97.5 Å². The van der Waals surface area contributed by atoms with E-state index in [1.54, 1.807) is 6.07 Å². The minimum atomic E-state index is -0.381. The zero-order valence-corrected chi connectivity index (χ0v) is 10.6. The van der Waals surface area contributed by atoms with Crippen LogP contribution in [0.25, 0.3) is 0 Å². The molecular weight excluding hydrogens is 260 g/mol. The number of carbonyl (C=O) groups is 1. The standard InChI is InChI=1S/C11H13BrO3/c1-7-4-10(14-2)9(11(13)15-3)5-8(7)6-12/h4-5H,6H2,1-3H3. The molecule has 0 radical (unpaired) electrons. The van der Waals surface area contributed by atoms with E-state index < -0.39 is 0 Å². The van der Waals surface area contributed by atoms with Crippen molar-refractivity contribution in [2.75, 3.05) is 14.2 Å². The van der Waals surface area contributed by atoms with Crippen molar-refractivity contribution in [3.8, 4) is 5.75 Å². The number of halogens is 1. The van der Waals surface area contributed by atoms with E-state index in [4.69, 9.17) is 4.74 Å². The van der Waals surface area contributed by atoms with E-state index >= 15 is 0 Å². The van der Waals surface area contributed by atoms with Crippen molar-refractivity contribution in [3.05, 3.63) is 28.8 Å². The van der Waals surface area contributed by atoms with Crippen molar-refractivity contribution in [2.45, 2.75) is 12.3 Å². The molecule has 0 heterocycles. The molecule has 0 saturated carbocycles. The molecule has 0 unspecified atom stereocenters. The Bertz CT molecular complexity index is 374. The Morgan fingerprint density at radius 1 is 1.40 bits per heavy atom. The highest BCUT2D eigenvalue weighted by atomic mass is 79.9. The highest BCUT2D eigenvalue weighted by molar-refractivity contribution is 9.08. The second-order valence-corrected chi connectivity index (χ2v) is 3.66. The van der Waals surface area contributed by atoms with Crippen molar-refractivity contribution >= 4 is 21.9 Å². The lowest BCUT2D eigenvalue weighted by Crippen LogP contribution is -2.05. The van der Waals surface area contributed by atoms with E-state index in [0.717, 1.165) is 11.1 Å². The molecule has 15 heavy (non-hydrogen) atoms. The van der Waals surface area contributed by atoms with Gasteiger partial charge in [0.05, 0.1) is 14.2 Å². The minimum absolute atomic E-state index is 0.381. The molecular formula is C11H13BrO3. The molecule has 1 rings (SSSR count). The summed E-state index contributed by atoms with van der Waals surface area (Å²) in [5, 5.41) is 0.701. The maximum Gasteiger partial charge on any atom is 0.341 e. The van der Waals surface area contributed by atoms with Gasteiger partial charge < -0.3 is 9.47 Å². The highest BCUT2D eigenvalue weighted by Crippen LogP contribution is 2.25. The first-order valence-corrected chi connectivity index (χ1v) is 5.58. The molecule has 0 aliphatic carbocycles. The molecule has 82 valence electrons. The zero-order valence-electron chi connectivity index (χ0n) is 8.96. The number of ether oxygens (including phenoxy) is 2. The van der Waals surface area contributed by atoms with Crippen LogP contribution >= 0.6 is 15.9 Å². The van der Waals surface area contributed by atoms with Gasteiger partial charge in [-0.05, 0) is 30.2 Å². The summed E-state index contributed by atoms with van der Waals surface area (Å²) in [6.07, 6.45) is 0.